The maximum Gasteiger partial charge on any atom is 0.0936 e. The predicted molar refractivity (Wildman–Crippen MR) is 63.6 cm³/mol. The van der Waals surface area contributed by atoms with Crippen molar-refractivity contribution in [2.24, 2.45) is 0 Å². The molecule has 2 unspecified atom stereocenters. The molecular formula is C12H25NO3. The maximum atomic E-state index is 9.10. The summed E-state index contributed by atoms with van der Waals surface area (Å²) in [6, 6.07) is 0. The van der Waals surface area contributed by atoms with Gasteiger partial charge in [0.25, 0.3) is 0 Å². The van der Waals surface area contributed by atoms with Gasteiger partial charge in [-0.3, -0.25) is 4.90 Å². The van der Waals surface area contributed by atoms with E-state index in [0.717, 1.165) is 26.2 Å². The molecule has 0 bridgehead atoms. The van der Waals surface area contributed by atoms with Crippen LogP contribution in [0.4, 0.5) is 0 Å². The van der Waals surface area contributed by atoms with Gasteiger partial charge in [-0.25, -0.2) is 0 Å². The van der Waals surface area contributed by atoms with Crippen LogP contribution in [0, 0.1) is 0 Å². The lowest BCUT2D eigenvalue weighted by atomic mass is 10.2. The fourth-order valence-corrected chi connectivity index (χ4v) is 1.90. The monoisotopic (exact) mass is 231 g/mol. The lowest BCUT2D eigenvalue weighted by Gasteiger charge is -2.36. The van der Waals surface area contributed by atoms with Gasteiger partial charge in [-0.2, -0.15) is 0 Å². The van der Waals surface area contributed by atoms with Crippen LogP contribution in [0.3, 0.4) is 0 Å². The number of hydrogen-bond acceptors (Lipinski definition) is 4. The first-order valence-corrected chi connectivity index (χ1v) is 6.03. The Bertz CT molecular complexity index is 203. The maximum absolute atomic E-state index is 9.10. The number of aliphatic hydroxyl groups excluding tert-OH is 1. The Balaban J connectivity index is 2.26. The zero-order chi connectivity index (χ0) is 12.2. The molecule has 1 saturated heterocycles. The number of ether oxygens (including phenoxy) is 2. The summed E-state index contributed by atoms with van der Waals surface area (Å²) in [5.74, 6) is 0. The third-order valence-corrected chi connectivity index (χ3v) is 2.55. The highest BCUT2D eigenvalue weighted by molar-refractivity contribution is 4.75. The summed E-state index contributed by atoms with van der Waals surface area (Å²) >= 11 is 0. The second-order valence-electron chi connectivity index (χ2n) is 5.47. The largest absolute Gasteiger partial charge is 0.394 e. The highest BCUT2D eigenvalue weighted by atomic mass is 16.5. The van der Waals surface area contributed by atoms with Gasteiger partial charge >= 0.3 is 0 Å². The van der Waals surface area contributed by atoms with E-state index in [-0.39, 0.29) is 24.4 Å². The quantitative estimate of drug-likeness (QED) is 0.780. The average molecular weight is 231 g/mol. The van der Waals surface area contributed by atoms with E-state index in [1.54, 1.807) is 0 Å². The zero-order valence-corrected chi connectivity index (χ0v) is 10.9. The first-order valence-electron chi connectivity index (χ1n) is 6.03. The van der Waals surface area contributed by atoms with E-state index in [2.05, 4.69) is 25.7 Å². The molecule has 2 atom stereocenters. The summed E-state index contributed by atoms with van der Waals surface area (Å²) in [7, 11) is 0. The number of morpholine rings is 1. The lowest BCUT2D eigenvalue weighted by Crippen LogP contribution is -2.49. The van der Waals surface area contributed by atoms with E-state index in [0.29, 0.717) is 0 Å². The van der Waals surface area contributed by atoms with Crippen LogP contribution in [-0.4, -0.2) is 60.7 Å². The first-order chi connectivity index (χ1) is 7.40. The highest BCUT2D eigenvalue weighted by Gasteiger charge is 2.24. The molecule has 1 rings (SSSR count). The van der Waals surface area contributed by atoms with Crippen LogP contribution in [0.5, 0.6) is 0 Å². The Kier molecular flexibility index (Phi) is 5.18. The summed E-state index contributed by atoms with van der Waals surface area (Å²) in [6.45, 7) is 11.7. The summed E-state index contributed by atoms with van der Waals surface area (Å²) < 4.78 is 11.3. The molecule has 16 heavy (non-hydrogen) atoms. The molecule has 1 aliphatic rings. The van der Waals surface area contributed by atoms with Crippen molar-refractivity contribution in [3.05, 3.63) is 0 Å². The van der Waals surface area contributed by atoms with Gasteiger partial charge in [0.2, 0.25) is 0 Å². The summed E-state index contributed by atoms with van der Waals surface area (Å²) in [6.07, 6.45) is 0.152. The van der Waals surface area contributed by atoms with Gasteiger partial charge in [0.15, 0.2) is 0 Å². The van der Waals surface area contributed by atoms with E-state index in [1.807, 2.05) is 6.92 Å². The molecule has 4 nitrogen and oxygen atoms in total. The fourth-order valence-electron chi connectivity index (χ4n) is 1.90. The van der Waals surface area contributed by atoms with Crippen LogP contribution in [0.25, 0.3) is 0 Å². The molecule has 1 heterocycles. The van der Waals surface area contributed by atoms with E-state index in [9.17, 15) is 0 Å². The van der Waals surface area contributed by atoms with E-state index < -0.39 is 0 Å². The lowest BCUT2D eigenvalue weighted by molar-refractivity contribution is -0.103. The molecule has 0 saturated carbocycles. The molecule has 1 aliphatic heterocycles. The van der Waals surface area contributed by atoms with Crippen molar-refractivity contribution in [2.75, 3.05) is 32.8 Å². The minimum absolute atomic E-state index is 0.0432. The topological polar surface area (TPSA) is 41.9 Å². The summed E-state index contributed by atoms with van der Waals surface area (Å²) in [4.78, 5) is 2.29. The Morgan fingerprint density at radius 3 is 2.62 bits per heavy atom. The van der Waals surface area contributed by atoms with Crippen LogP contribution in [-0.2, 0) is 9.47 Å². The second kappa shape index (κ2) is 5.96. The molecule has 96 valence electrons. The summed E-state index contributed by atoms with van der Waals surface area (Å²) in [5.41, 5.74) is -0.0751. The molecule has 1 fully saturated rings. The van der Waals surface area contributed by atoms with E-state index in [4.69, 9.17) is 14.6 Å². The Hall–Kier alpha value is -0.160. The van der Waals surface area contributed by atoms with E-state index >= 15 is 0 Å². The molecule has 1 N–H and O–H groups in total. The number of aliphatic hydroxyl groups is 1. The molecule has 4 heteroatoms. The molecule has 0 aromatic heterocycles. The normalized spacial score (nSPS) is 28.3. The van der Waals surface area contributed by atoms with Crippen LogP contribution >= 0.6 is 0 Å². The first kappa shape index (κ1) is 13.9. The molecular weight excluding hydrogens is 206 g/mol. The van der Waals surface area contributed by atoms with Gasteiger partial charge in [-0.15, -0.1) is 0 Å². The average Bonchev–Trinajstić information content (AvgIpc) is 2.14. The third-order valence-electron chi connectivity index (χ3n) is 2.55. The van der Waals surface area contributed by atoms with Crippen molar-refractivity contribution in [2.45, 2.75) is 45.5 Å². The van der Waals surface area contributed by atoms with Gasteiger partial charge in [0.05, 0.1) is 31.0 Å². The van der Waals surface area contributed by atoms with Crippen molar-refractivity contribution in [3.8, 4) is 0 Å². The van der Waals surface area contributed by atoms with E-state index in [1.165, 1.54) is 0 Å². The number of rotatable bonds is 4. The fraction of sp³-hybridized carbons (Fsp3) is 1.00. The molecule has 0 amide bonds. The van der Waals surface area contributed by atoms with Crippen molar-refractivity contribution in [1.82, 2.24) is 4.90 Å². The number of hydrogen-bond donors (Lipinski definition) is 1. The van der Waals surface area contributed by atoms with Gasteiger partial charge in [0.1, 0.15) is 0 Å². The van der Waals surface area contributed by atoms with Crippen LogP contribution in [0.2, 0.25) is 0 Å². The molecule has 0 spiro atoms. The third kappa shape index (κ3) is 5.25. The van der Waals surface area contributed by atoms with Crippen molar-refractivity contribution < 1.29 is 14.6 Å². The Morgan fingerprint density at radius 1 is 1.38 bits per heavy atom. The van der Waals surface area contributed by atoms with Gasteiger partial charge in [-0.05, 0) is 27.7 Å². The minimum atomic E-state index is -0.0751. The van der Waals surface area contributed by atoms with Gasteiger partial charge in [0, 0.05) is 19.6 Å². The van der Waals surface area contributed by atoms with Crippen molar-refractivity contribution in [3.63, 3.8) is 0 Å². The summed E-state index contributed by atoms with van der Waals surface area (Å²) in [5, 5.41) is 9.10. The van der Waals surface area contributed by atoms with Crippen molar-refractivity contribution >= 4 is 0 Å². The molecule has 0 aromatic rings. The molecule has 0 radical (unpaired) electrons. The molecule has 0 aliphatic carbocycles. The van der Waals surface area contributed by atoms with Crippen molar-refractivity contribution in [1.29, 1.82) is 0 Å². The van der Waals surface area contributed by atoms with Crippen LogP contribution in [0.15, 0.2) is 0 Å². The standard InChI is InChI=1S/C12H25NO3/c1-10-7-13(8-11(9-14)16-10)5-6-15-12(2,3)4/h10-11,14H,5-9H2,1-4H3. The van der Waals surface area contributed by atoms with Gasteiger partial charge < -0.3 is 14.6 Å². The zero-order valence-electron chi connectivity index (χ0n) is 10.9. The number of nitrogens with zero attached hydrogens (tertiary/aromatic N) is 1. The Morgan fingerprint density at radius 2 is 2.06 bits per heavy atom. The highest BCUT2D eigenvalue weighted by Crippen LogP contribution is 2.11. The SMILES string of the molecule is CC1CN(CCOC(C)(C)C)CC(CO)O1. The smallest absolute Gasteiger partial charge is 0.0936 e. The Labute approximate surface area is 98.5 Å². The second-order valence-corrected chi connectivity index (χ2v) is 5.47. The van der Waals surface area contributed by atoms with Crippen LogP contribution < -0.4 is 0 Å². The predicted octanol–water partition coefficient (Wildman–Crippen LogP) is 0.883. The minimum Gasteiger partial charge on any atom is -0.394 e. The molecule has 0 aromatic carbocycles. The van der Waals surface area contributed by atoms with Crippen LogP contribution in [0.1, 0.15) is 27.7 Å². The van der Waals surface area contributed by atoms with Gasteiger partial charge in [-0.1, -0.05) is 0 Å².